The summed E-state index contributed by atoms with van der Waals surface area (Å²) in [7, 11) is 3.16. The van der Waals surface area contributed by atoms with Crippen LogP contribution in [0.25, 0.3) is 21.9 Å². The van der Waals surface area contributed by atoms with E-state index >= 15 is 0 Å². The van der Waals surface area contributed by atoms with Gasteiger partial charge in [0.05, 0.1) is 14.2 Å². The van der Waals surface area contributed by atoms with Gasteiger partial charge in [-0.25, -0.2) is 0 Å². The number of methoxy groups -OCH3 is 2. The van der Waals surface area contributed by atoms with E-state index in [9.17, 15) is 4.79 Å². The number of carbonyl (C=O) groups excluding carboxylic acids is 1. The molecule has 0 radical (unpaired) electrons. The predicted octanol–water partition coefficient (Wildman–Crippen LogP) is 3.72. The summed E-state index contributed by atoms with van der Waals surface area (Å²) >= 11 is 0. The Bertz CT molecular complexity index is 814. The quantitative estimate of drug-likeness (QED) is 0.680. The normalized spacial score (nSPS) is 10.9. The molecule has 0 amide bonds. The van der Waals surface area contributed by atoms with Crippen molar-refractivity contribution in [3.8, 4) is 11.5 Å². The lowest BCUT2D eigenvalue weighted by Gasteiger charge is -2.06. The van der Waals surface area contributed by atoms with E-state index in [1.807, 2.05) is 19.1 Å². The molecule has 0 bridgehead atoms. The minimum absolute atomic E-state index is 0.601. The Morgan fingerprint density at radius 2 is 1.80 bits per heavy atom. The summed E-state index contributed by atoms with van der Waals surface area (Å²) in [5.41, 5.74) is 2.99. The highest BCUT2D eigenvalue weighted by atomic mass is 16.5. The summed E-state index contributed by atoms with van der Waals surface area (Å²) in [5, 5.41) is 1.67. The van der Waals surface area contributed by atoms with E-state index in [4.69, 9.17) is 13.9 Å². The maximum absolute atomic E-state index is 11.3. The minimum atomic E-state index is 0.601. The van der Waals surface area contributed by atoms with Crippen LogP contribution in [0.1, 0.15) is 15.9 Å². The van der Waals surface area contributed by atoms with E-state index in [0.717, 1.165) is 28.2 Å². The van der Waals surface area contributed by atoms with Gasteiger partial charge in [0.15, 0.2) is 17.8 Å². The SMILES string of the molecule is COc1cc2oc3c(C)ccc(C=O)c3c2cc1OC. The van der Waals surface area contributed by atoms with Crippen molar-refractivity contribution < 1.29 is 18.7 Å². The van der Waals surface area contributed by atoms with E-state index in [-0.39, 0.29) is 0 Å². The number of fused-ring (bicyclic) bond motifs is 3. The highest BCUT2D eigenvalue weighted by Gasteiger charge is 2.16. The summed E-state index contributed by atoms with van der Waals surface area (Å²) in [6.07, 6.45) is 0.841. The highest BCUT2D eigenvalue weighted by molar-refractivity contribution is 6.13. The Kier molecular flexibility index (Phi) is 2.86. The van der Waals surface area contributed by atoms with Crippen LogP contribution in [0.4, 0.5) is 0 Å². The van der Waals surface area contributed by atoms with Crippen molar-refractivity contribution in [1.29, 1.82) is 0 Å². The molecule has 4 nitrogen and oxygen atoms in total. The summed E-state index contributed by atoms with van der Waals surface area (Å²) in [5.74, 6) is 1.21. The van der Waals surface area contributed by atoms with Gasteiger partial charge in [0.1, 0.15) is 11.2 Å². The molecule has 0 fully saturated rings. The fourth-order valence-corrected chi connectivity index (χ4v) is 2.46. The number of furan rings is 1. The van der Waals surface area contributed by atoms with E-state index in [0.29, 0.717) is 22.6 Å². The van der Waals surface area contributed by atoms with Crippen molar-refractivity contribution in [2.45, 2.75) is 6.92 Å². The number of hydrogen-bond donors (Lipinski definition) is 0. The maximum Gasteiger partial charge on any atom is 0.164 e. The van der Waals surface area contributed by atoms with Crippen molar-refractivity contribution in [2.75, 3.05) is 14.2 Å². The van der Waals surface area contributed by atoms with Crippen molar-refractivity contribution in [1.82, 2.24) is 0 Å². The molecule has 3 aromatic rings. The molecular weight excluding hydrogens is 256 g/mol. The van der Waals surface area contributed by atoms with E-state index in [1.54, 1.807) is 26.4 Å². The molecule has 0 unspecified atom stereocenters. The lowest BCUT2D eigenvalue weighted by Crippen LogP contribution is -1.90. The zero-order chi connectivity index (χ0) is 14.3. The largest absolute Gasteiger partial charge is 0.493 e. The van der Waals surface area contributed by atoms with Crippen molar-refractivity contribution >= 4 is 28.2 Å². The first-order valence-electron chi connectivity index (χ1n) is 6.22. The van der Waals surface area contributed by atoms with Gasteiger partial charge in [0, 0.05) is 22.4 Å². The Hall–Kier alpha value is -2.49. The van der Waals surface area contributed by atoms with Gasteiger partial charge in [-0.2, -0.15) is 0 Å². The molecule has 0 saturated carbocycles. The highest BCUT2D eigenvalue weighted by Crippen LogP contribution is 2.39. The number of aryl methyl sites for hydroxylation is 1. The Balaban J connectivity index is 2.50. The zero-order valence-corrected chi connectivity index (χ0v) is 11.5. The van der Waals surface area contributed by atoms with Gasteiger partial charge in [-0.15, -0.1) is 0 Å². The molecular formula is C16H14O4. The molecule has 4 heteroatoms. The second-order valence-corrected chi connectivity index (χ2v) is 4.60. The van der Waals surface area contributed by atoms with Gasteiger partial charge in [-0.3, -0.25) is 4.79 Å². The topological polar surface area (TPSA) is 48.7 Å². The first-order valence-corrected chi connectivity index (χ1v) is 6.22. The van der Waals surface area contributed by atoms with Crippen LogP contribution in [-0.4, -0.2) is 20.5 Å². The van der Waals surface area contributed by atoms with Crippen molar-refractivity contribution in [2.24, 2.45) is 0 Å². The van der Waals surface area contributed by atoms with Crippen LogP contribution in [0.2, 0.25) is 0 Å². The number of ether oxygens (including phenoxy) is 2. The molecule has 0 aliphatic heterocycles. The Labute approximate surface area is 115 Å². The molecule has 20 heavy (non-hydrogen) atoms. The van der Waals surface area contributed by atoms with E-state index in [2.05, 4.69) is 0 Å². The van der Waals surface area contributed by atoms with Crippen molar-refractivity contribution in [3.05, 3.63) is 35.4 Å². The number of carbonyl (C=O) groups is 1. The standard InChI is InChI=1S/C16H14O4/c1-9-4-5-10(8-17)15-11-6-13(18-2)14(19-3)7-12(11)20-16(9)15/h4-8H,1-3H3. The van der Waals surface area contributed by atoms with Crippen LogP contribution in [-0.2, 0) is 0 Å². The van der Waals surface area contributed by atoms with Crippen LogP contribution in [0.5, 0.6) is 11.5 Å². The molecule has 0 N–H and O–H groups in total. The molecule has 1 heterocycles. The second kappa shape index (κ2) is 4.56. The molecule has 1 aromatic heterocycles. The smallest absolute Gasteiger partial charge is 0.164 e. The number of aldehydes is 1. The Morgan fingerprint density at radius 1 is 1.10 bits per heavy atom. The molecule has 0 atom stereocenters. The summed E-state index contributed by atoms with van der Waals surface area (Å²) in [6, 6.07) is 7.30. The second-order valence-electron chi connectivity index (χ2n) is 4.60. The molecule has 0 saturated heterocycles. The monoisotopic (exact) mass is 270 g/mol. The third-order valence-corrected chi connectivity index (χ3v) is 3.48. The third kappa shape index (κ3) is 1.65. The molecule has 0 aliphatic carbocycles. The average Bonchev–Trinajstić information content (AvgIpc) is 2.85. The lowest BCUT2D eigenvalue weighted by atomic mass is 10.0. The number of benzene rings is 2. The van der Waals surface area contributed by atoms with Gasteiger partial charge < -0.3 is 13.9 Å². The molecule has 0 aliphatic rings. The molecule has 2 aromatic carbocycles. The molecule has 3 rings (SSSR count). The molecule has 102 valence electrons. The van der Waals surface area contributed by atoms with Gasteiger partial charge in [-0.1, -0.05) is 12.1 Å². The zero-order valence-electron chi connectivity index (χ0n) is 11.5. The van der Waals surface area contributed by atoms with E-state index in [1.165, 1.54) is 0 Å². The minimum Gasteiger partial charge on any atom is -0.493 e. The maximum atomic E-state index is 11.3. The van der Waals surface area contributed by atoms with Crippen LogP contribution in [0, 0.1) is 6.92 Å². The lowest BCUT2D eigenvalue weighted by molar-refractivity contribution is 0.112. The Morgan fingerprint density at radius 3 is 2.45 bits per heavy atom. The van der Waals surface area contributed by atoms with Gasteiger partial charge in [0.25, 0.3) is 0 Å². The predicted molar refractivity (Wildman–Crippen MR) is 76.9 cm³/mol. The van der Waals surface area contributed by atoms with Crippen LogP contribution < -0.4 is 9.47 Å². The van der Waals surface area contributed by atoms with Crippen LogP contribution in [0.15, 0.2) is 28.7 Å². The fraction of sp³-hybridized carbons (Fsp3) is 0.188. The first-order chi connectivity index (χ1) is 9.69. The number of hydrogen-bond acceptors (Lipinski definition) is 4. The van der Waals surface area contributed by atoms with Crippen molar-refractivity contribution in [3.63, 3.8) is 0 Å². The van der Waals surface area contributed by atoms with Gasteiger partial charge in [0.2, 0.25) is 0 Å². The average molecular weight is 270 g/mol. The third-order valence-electron chi connectivity index (χ3n) is 3.48. The van der Waals surface area contributed by atoms with Gasteiger partial charge in [-0.05, 0) is 18.6 Å². The summed E-state index contributed by atoms with van der Waals surface area (Å²) in [4.78, 5) is 11.3. The summed E-state index contributed by atoms with van der Waals surface area (Å²) < 4.78 is 16.5. The first kappa shape index (κ1) is 12.5. The fourth-order valence-electron chi connectivity index (χ4n) is 2.46. The van der Waals surface area contributed by atoms with Crippen LogP contribution in [0.3, 0.4) is 0 Å². The van der Waals surface area contributed by atoms with Crippen LogP contribution >= 0.6 is 0 Å². The number of rotatable bonds is 3. The van der Waals surface area contributed by atoms with Gasteiger partial charge >= 0.3 is 0 Å². The van der Waals surface area contributed by atoms with E-state index < -0.39 is 0 Å². The summed E-state index contributed by atoms with van der Waals surface area (Å²) in [6.45, 7) is 1.95. The molecule has 0 spiro atoms.